The number of hydrogen-bond acceptors (Lipinski definition) is 3. The Morgan fingerprint density at radius 3 is 2.55 bits per heavy atom. The van der Waals surface area contributed by atoms with Crippen LogP contribution in [-0.4, -0.2) is 32.1 Å². The highest BCUT2D eigenvalue weighted by molar-refractivity contribution is 14.0. The second kappa shape index (κ2) is 10.5. The normalized spacial score (nSPS) is 15.8. The Balaban J connectivity index is 0.00000300. The van der Waals surface area contributed by atoms with Crippen molar-refractivity contribution in [3.63, 3.8) is 0 Å². The molecular formula is C19H23F4IN4S. The van der Waals surface area contributed by atoms with Gasteiger partial charge < -0.3 is 15.5 Å². The molecule has 0 unspecified atom stereocenters. The molecule has 0 amide bonds. The second-order valence-electron chi connectivity index (χ2n) is 6.58. The first-order valence-corrected chi connectivity index (χ1v) is 9.86. The number of benzene rings is 1. The molecule has 0 spiro atoms. The highest BCUT2D eigenvalue weighted by atomic mass is 127. The maximum absolute atomic E-state index is 13.2. The van der Waals surface area contributed by atoms with Crippen molar-refractivity contribution in [2.45, 2.75) is 31.6 Å². The number of alkyl halides is 3. The van der Waals surface area contributed by atoms with Crippen LogP contribution in [0.5, 0.6) is 0 Å². The van der Waals surface area contributed by atoms with Crippen molar-refractivity contribution in [3.05, 3.63) is 52.7 Å². The van der Waals surface area contributed by atoms with Crippen molar-refractivity contribution < 1.29 is 17.6 Å². The second-order valence-corrected chi connectivity index (χ2v) is 7.51. The van der Waals surface area contributed by atoms with Crippen LogP contribution in [-0.2, 0) is 12.7 Å². The monoisotopic (exact) mass is 542 g/mol. The Morgan fingerprint density at radius 1 is 1.24 bits per heavy atom. The van der Waals surface area contributed by atoms with Crippen LogP contribution in [0.3, 0.4) is 0 Å². The number of aliphatic imine (C=N–C) groups is 1. The zero-order valence-corrected chi connectivity index (χ0v) is 18.9. The van der Waals surface area contributed by atoms with Gasteiger partial charge in [-0.15, -0.1) is 35.3 Å². The summed E-state index contributed by atoms with van der Waals surface area (Å²) >= 11 is 1.71. The third kappa shape index (κ3) is 6.46. The molecule has 0 bridgehead atoms. The van der Waals surface area contributed by atoms with Crippen LogP contribution in [0.25, 0.3) is 0 Å². The summed E-state index contributed by atoms with van der Waals surface area (Å²) in [5.74, 6) is -0.469. The molecule has 2 aromatic rings. The van der Waals surface area contributed by atoms with E-state index in [4.69, 9.17) is 0 Å². The number of rotatable bonds is 4. The summed E-state index contributed by atoms with van der Waals surface area (Å²) in [4.78, 5) is 6.43. The SMILES string of the molecule is CN=C(NCc1ccc(F)cc1C(F)(F)F)NC1CCN(c2cccs2)CC1.I. The number of nitrogens with one attached hydrogen (secondary N) is 2. The molecule has 0 saturated carbocycles. The van der Waals surface area contributed by atoms with Crippen LogP contribution >= 0.6 is 35.3 Å². The lowest BCUT2D eigenvalue weighted by Crippen LogP contribution is -2.48. The van der Waals surface area contributed by atoms with Gasteiger partial charge in [0.25, 0.3) is 0 Å². The molecule has 0 atom stereocenters. The van der Waals surface area contributed by atoms with Crippen LogP contribution in [0.2, 0.25) is 0 Å². The Kier molecular flexibility index (Phi) is 8.56. The summed E-state index contributed by atoms with van der Waals surface area (Å²) < 4.78 is 52.6. The predicted molar refractivity (Wildman–Crippen MR) is 120 cm³/mol. The van der Waals surface area contributed by atoms with Crippen molar-refractivity contribution in [2.75, 3.05) is 25.0 Å². The Bertz CT molecular complexity index is 803. The number of halogens is 5. The zero-order valence-electron chi connectivity index (χ0n) is 15.8. The van der Waals surface area contributed by atoms with Crippen LogP contribution in [0.15, 0.2) is 40.7 Å². The first-order chi connectivity index (χ1) is 13.4. The van der Waals surface area contributed by atoms with E-state index in [2.05, 4.69) is 32.0 Å². The average Bonchev–Trinajstić information content (AvgIpc) is 3.20. The van der Waals surface area contributed by atoms with Crippen molar-refractivity contribution >= 4 is 46.3 Å². The Morgan fingerprint density at radius 2 is 1.97 bits per heavy atom. The summed E-state index contributed by atoms with van der Waals surface area (Å²) in [5.41, 5.74) is -0.996. The van der Waals surface area contributed by atoms with E-state index in [1.807, 2.05) is 6.07 Å². The van der Waals surface area contributed by atoms with Crippen LogP contribution < -0.4 is 15.5 Å². The first-order valence-electron chi connectivity index (χ1n) is 8.98. The van der Waals surface area contributed by atoms with Gasteiger partial charge in [0, 0.05) is 32.7 Å². The van der Waals surface area contributed by atoms with Gasteiger partial charge in [-0.25, -0.2) is 4.39 Å². The summed E-state index contributed by atoms with van der Waals surface area (Å²) in [5, 5.41) is 9.48. The minimum atomic E-state index is -4.61. The molecule has 2 N–H and O–H groups in total. The molecule has 1 saturated heterocycles. The number of nitrogens with zero attached hydrogens (tertiary/aromatic N) is 2. The summed E-state index contributed by atoms with van der Waals surface area (Å²) in [6.07, 6.45) is -2.80. The van der Waals surface area contributed by atoms with Gasteiger partial charge in [-0.2, -0.15) is 13.2 Å². The fraction of sp³-hybridized carbons (Fsp3) is 0.421. The molecule has 1 aliphatic heterocycles. The quantitative estimate of drug-likeness (QED) is 0.251. The first kappa shape index (κ1) is 23.7. The largest absolute Gasteiger partial charge is 0.416 e. The highest BCUT2D eigenvalue weighted by Gasteiger charge is 2.33. The number of thiophene rings is 1. The molecule has 1 fully saturated rings. The molecule has 1 aromatic carbocycles. The third-order valence-electron chi connectivity index (χ3n) is 4.70. The van der Waals surface area contributed by atoms with Gasteiger partial charge in [-0.3, -0.25) is 4.99 Å². The summed E-state index contributed by atoms with van der Waals surface area (Å²) in [7, 11) is 1.57. The zero-order chi connectivity index (χ0) is 20.1. The van der Waals surface area contributed by atoms with E-state index < -0.39 is 17.6 Å². The lowest BCUT2D eigenvalue weighted by atomic mass is 10.1. The topological polar surface area (TPSA) is 39.7 Å². The van der Waals surface area contributed by atoms with Gasteiger partial charge in [0.05, 0.1) is 10.6 Å². The molecule has 0 radical (unpaired) electrons. The minimum Gasteiger partial charge on any atom is -0.363 e. The van der Waals surface area contributed by atoms with Crippen LogP contribution in [0, 0.1) is 5.82 Å². The third-order valence-corrected chi connectivity index (χ3v) is 5.63. The summed E-state index contributed by atoms with van der Waals surface area (Å²) in [6.45, 7) is 1.72. The number of hydrogen-bond donors (Lipinski definition) is 2. The molecule has 3 rings (SSSR count). The van der Waals surface area contributed by atoms with Gasteiger partial charge in [0.15, 0.2) is 5.96 Å². The van der Waals surface area contributed by atoms with Gasteiger partial charge in [-0.05, 0) is 48.1 Å². The average molecular weight is 542 g/mol. The number of piperidine rings is 1. The fourth-order valence-electron chi connectivity index (χ4n) is 3.23. The number of anilines is 1. The van der Waals surface area contributed by atoms with E-state index >= 15 is 0 Å². The molecule has 4 nitrogen and oxygen atoms in total. The molecule has 29 heavy (non-hydrogen) atoms. The van der Waals surface area contributed by atoms with Crippen LogP contribution in [0.4, 0.5) is 22.6 Å². The van der Waals surface area contributed by atoms with Crippen molar-refractivity contribution in [3.8, 4) is 0 Å². The molecule has 2 heterocycles. The number of guanidine groups is 1. The molecular weight excluding hydrogens is 519 g/mol. The highest BCUT2D eigenvalue weighted by Crippen LogP contribution is 2.32. The Labute approximate surface area is 188 Å². The molecule has 0 aliphatic carbocycles. The smallest absolute Gasteiger partial charge is 0.363 e. The van der Waals surface area contributed by atoms with E-state index in [9.17, 15) is 17.6 Å². The van der Waals surface area contributed by atoms with Crippen LogP contribution in [0.1, 0.15) is 24.0 Å². The van der Waals surface area contributed by atoms with E-state index in [1.54, 1.807) is 18.4 Å². The standard InChI is InChI=1S/C19H22F4N4S.HI/c1-24-18(25-12-13-4-5-14(20)11-16(13)19(21,22)23)26-15-6-8-27(9-7-15)17-3-2-10-28-17;/h2-5,10-11,15H,6-9,12H2,1H3,(H2,24,25,26);1H. The molecule has 10 heteroatoms. The van der Waals surface area contributed by atoms with E-state index in [0.29, 0.717) is 12.0 Å². The minimum absolute atomic E-state index is 0. The van der Waals surface area contributed by atoms with E-state index in [-0.39, 0.29) is 42.1 Å². The molecule has 1 aromatic heterocycles. The summed E-state index contributed by atoms with van der Waals surface area (Å²) in [6, 6.07) is 7.02. The van der Waals surface area contributed by atoms with Gasteiger partial charge >= 0.3 is 6.18 Å². The lowest BCUT2D eigenvalue weighted by molar-refractivity contribution is -0.138. The van der Waals surface area contributed by atoms with Gasteiger partial charge in [0.2, 0.25) is 0 Å². The Hall–Kier alpha value is -1.56. The van der Waals surface area contributed by atoms with Crippen molar-refractivity contribution in [2.24, 2.45) is 4.99 Å². The van der Waals surface area contributed by atoms with Gasteiger partial charge in [0.1, 0.15) is 5.82 Å². The van der Waals surface area contributed by atoms with Crippen molar-refractivity contribution in [1.82, 2.24) is 10.6 Å². The van der Waals surface area contributed by atoms with Gasteiger partial charge in [-0.1, -0.05) is 6.07 Å². The van der Waals surface area contributed by atoms with E-state index in [1.165, 1.54) is 5.00 Å². The van der Waals surface area contributed by atoms with Crippen molar-refractivity contribution in [1.29, 1.82) is 0 Å². The maximum atomic E-state index is 13.2. The van der Waals surface area contributed by atoms with E-state index in [0.717, 1.165) is 38.1 Å². The maximum Gasteiger partial charge on any atom is 0.416 e. The molecule has 1 aliphatic rings. The lowest BCUT2D eigenvalue weighted by Gasteiger charge is -2.33. The molecule has 160 valence electrons. The predicted octanol–water partition coefficient (Wildman–Crippen LogP) is 4.86. The fourth-order valence-corrected chi connectivity index (χ4v) is 4.01.